The third-order valence-electron chi connectivity index (χ3n) is 1.79. The van der Waals surface area contributed by atoms with Crippen LogP contribution in [-0.4, -0.2) is 25.2 Å². The molecule has 17 heavy (non-hydrogen) atoms. The molecule has 0 saturated heterocycles. The lowest BCUT2D eigenvalue weighted by atomic mass is 10.3. The van der Waals surface area contributed by atoms with E-state index in [0.717, 1.165) is 0 Å². The van der Waals surface area contributed by atoms with Crippen molar-refractivity contribution in [1.29, 1.82) is 0 Å². The van der Waals surface area contributed by atoms with Gasteiger partial charge in [-0.1, -0.05) is 5.43 Å². The number of ether oxygens (including phenoxy) is 2. The maximum Gasteiger partial charge on any atom is 0.256 e. The minimum Gasteiger partial charge on any atom is -0.497 e. The SMILES string of the molecule is COc1cc(N=C(N)N[N+](=O)[O-])cc(OC)c1. The molecule has 1 rings (SSSR count). The first-order valence-corrected chi connectivity index (χ1v) is 4.53. The Kier molecular flexibility index (Phi) is 4.09. The maximum absolute atomic E-state index is 10.1. The van der Waals surface area contributed by atoms with Crippen molar-refractivity contribution in [3.63, 3.8) is 0 Å². The Hall–Kier alpha value is -2.51. The zero-order valence-electron chi connectivity index (χ0n) is 9.34. The molecule has 0 spiro atoms. The van der Waals surface area contributed by atoms with E-state index in [9.17, 15) is 10.1 Å². The fourth-order valence-electron chi connectivity index (χ4n) is 1.11. The van der Waals surface area contributed by atoms with Crippen LogP contribution in [-0.2, 0) is 0 Å². The van der Waals surface area contributed by atoms with Gasteiger partial charge in [0, 0.05) is 18.2 Å². The summed E-state index contributed by atoms with van der Waals surface area (Å²) in [5.74, 6) is 0.694. The molecule has 0 heterocycles. The Labute approximate surface area is 97.2 Å². The maximum atomic E-state index is 10.1. The highest BCUT2D eigenvalue weighted by Crippen LogP contribution is 2.27. The minimum absolute atomic E-state index is 0.328. The predicted octanol–water partition coefficient (Wildman–Crippen LogP) is 0.431. The molecule has 0 aliphatic carbocycles. The number of rotatable bonds is 4. The number of nitrogens with zero attached hydrogens (tertiary/aromatic N) is 2. The number of benzene rings is 1. The van der Waals surface area contributed by atoms with E-state index in [1.807, 2.05) is 0 Å². The molecule has 0 saturated carbocycles. The molecule has 0 unspecified atom stereocenters. The van der Waals surface area contributed by atoms with E-state index >= 15 is 0 Å². The van der Waals surface area contributed by atoms with Crippen LogP contribution >= 0.6 is 0 Å². The third kappa shape index (κ3) is 3.86. The van der Waals surface area contributed by atoms with Gasteiger partial charge in [0.15, 0.2) is 5.03 Å². The molecule has 0 fully saturated rings. The summed E-state index contributed by atoms with van der Waals surface area (Å²) < 4.78 is 10.0. The second-order valence-electron chi connectivity index (χ2n) is 2.94. The second kappa shape index (κ2) is 5.54. The predicted molar refractivity (Wildman–Crippen MR) is 61.0 cm³/mol. The molecule has 0 amide bonds. The van der Waals surface area contributed by atoms with Gasteiger partial charge in [0.1, 0.15) is 11.5 Å². The van der Waals surface area contributed by atoms with E-state index in [1.165, 1.54) is 14.2 Å². The summed E-state index contributed by atoms with van der Waals surface area (Å²) in [6.07, 6.45) is 0. The molecule has 0 aromatic heterocycles. The fourth-order valence-corrected chi connectivity index (χ4v) is 1.11. The monoisotopic (exact) mass is 240 g/mol. The molecule has 0 bridgehead atoms. The van der Waals surface area contributed by atoms with Crippen LogP contribution in [0, 0.1) is 10.1 Å². The number of hydrazine groups is 1. The minimum atomic E-state index is -0.795. The van der Waals surface area contributed by atoms with Gasteiger partial charge in [0.2, 0.25) is 0 Å². The quantitative estimate of drug-likeness (QED) is 0.341. The topological polar surface area (TPSA) is 112 Å². The standard InChI is InChI=1S/C9H12N4O4/c1-16-7-3-6(4-8(5-7)17-2)11-9(10)12-13(14)15/h3-5H,1-2H3,(H3,10,11,12). The molecule has 8 heteroatoms. The Bertz CT molecular complexity index is 424. The van der Waals surface area contributed by atoms with Crippen LogP contribution < -0.4 is 20.6 Å². The first-order valence-electron chi connectivity index (χ1n) is 4.53. The van der Waals surface area contributed by atoms with Crippen LogP contribution in [0.15, 0.2) is 23.2 Å². The van der Waals surface area contributed by atoms with Gasteiger partial charge in [0.05, 0.1) is 19.9 Å². The molecule has 92 valence electrons. The van der Waals surface area contributed by atoms with Crippen molar-refractivity contribution in [2.75, 3.05) is 14.2 Å². The van der Waals surface area contributed by atoms with Gasteiger partial charge in [-0.15, -0.1) is 0 Å². The lowest BCUT2D eigenvalue weighted by Gasteiger charge is -2.05. The summed E-state index contributed by atoms with van der Waals surface area (Å²) in [4.78, 5) is 13.9. The van der Waals surface area contributed by atoms with E-state index in [-0.39, 0.29) is 5.96 Å². The number of hydrogen-bond donors (Lipinski definition) is 2. The van der Waals surface area contributed by atoms with Gasteiger partial charge in [-0.3, -0.25) is 0 Å². The number of nitrogens with one attached hydrogen (secondary N) is 1. The summed E-state index contributed by atoms with van der Waals surface area (Å²) >= 11 is 0. The van der Waals surface area contributed by atoms with Crippen molar-refractivity contribution in [2.45, 2.75) is 0 Å². The number of aliphatic imine (C=N–C) groups is 1. The third-order valence-corrected chi connectivity index (χ3v) is 1.79. The Morgan fingerprint density at radius 2 is 1.88 bits per heavy atom. The Balaban J connectivity index is 3.00. The van der Waals surface area contributed by atoms with E-state index in [4.69, 9.17) is 15.2 Å². The fraction of sp³-hybridized carbons (Fsp3) is 0.222. The van der Waals surface area contributed by atoms with Crippen LogP contribution in [0.1, 0.15) is 0 Å². The van der Waals surface area contributed by atoms with Crippen LogP contribution in [0.2, 0.25) is 0 Å². The highest BCUT2D eigenvalue weighted by molar-refractivity contribution is 5.80. The average Bonchev–Trinajstić information content (AvgIpc) is 2.27. The summed E-state index contributed by atoms with van der Waals surface area (Å²) in [5.41, 5.74) is 7.42. The first kappa shape index (κ1) is 12.6. The normalized spacial score (nSPS) is 10.8. The molecule has 1 aromatic carbocycles. The molecule has 0 radical (unpaired) electrons. The molecular weight excluding hydrogens is 228 g/mol. The van der Waals surface area contributed by atoms with Crippen LogP contribution in [0.5, 0.6) is 11.5 Å². The summed E-state index contributed by atoms with van der Waals surface area (Å²) in [6.45, 7) is 0. The van der Waals surface area contributed by atoms with E-state index < -0.39 is 5.03 Å². The molecule has 0 aliphatic rings. The first-order chi connectivity index (χ1) is 8.05. The number of hydrogen-bond acceptors (Lipinski definition) is 5. The van der Waals surface area contributed by atoms with Crippen molar-refractivity contribution in [3.8, 4) is 11.5 Å². The highest BCUT2D eigenvalue weighted by atomic mass is 16.7. The van der Waals surface area contributed by atoms with Gasteiger partial charge in [-0.05, 0) is 0 Å². The second-order valence-corrected chi connectivity index (χ2v) is 2.94. The molecule has 0 aliphatic heterocycles. The van der Waals surface area contributed by atoms with E-state index in [1.54, 1.807) is 23.6 Å². The van der Waals surface area contributed by atoms with Gasteiger partial charge in [-0.25, -0.2) is 15.1 Å². The Morgan fingerprint density at radius 3 is 2.29 bits per heavy atom. The van der Waals surface area contributed by atoms with Crippen molar-refractivity contribution >= 4 is 11.6 Å². The van der Waals surface area contributed by atoms with Gasteiger partial charge >= 0.3 is 0 Å². The molecular formula is C9H12N4O4. The van der Waals surface area contributed by atoms with Crippen molar-refractivity contribution < 1.29 is 14.5 Å². The number of guanidine groups is 1. The van der Waals surface area contributed by atoms with Crippen LogP contribution in [0.4, 0.5) is 5.69 Å². The van der Waals surface area contributed by atoms with Crippen molar-refractivity contribution in [3.05, 3.63) is 28.3 Å². The Morgan fingerprint density at radius 1 is 1.35 bits per heavy atom. The zero-order chi connectivity index (χ0) is 12.8. The number of nitro groups is 1. The smallest absolute Gasteiger partial charge is 0.256 e. The summed E-state index contributed by atoms with van der Waals surface area (Å²) in [5, 5.41) is 9.33. The van der Waals surface area contributed by atoms with Crippen molar-refractivity contribution in [1.82, 2.24) is 5.43 Å². The lowest BCUT2D eigenvalue weighted by Crippen LogP contribution is -2.35. The van der Waals surface area contributed by atoms with Crippen LogP contribution in [0.25, 0.3) is 0 Å². The molecule has 8 nitrogen and oxygen atoms in total. The highest BCUT2D eigenvalue weighted by Gasteiger charge is 2.03. The lowest BCUT2D eigenvalue weighted by molar-refractivity contribution is -0.525. The van der Waals surface area contributed by atoms with Gasteiger partial charge < -0.3 is 15.2 Å². The molecule has 3 N–H and O–H groups in total. The number of methoxy groups -OCH3 is 2. The largest absolute Gasteiger partial charge is 0.497 e. The van der Waals surface area contributed by atoms with Crippen LogP contribution in [0.3, 0.4) is 0 Å². The van der Waals surface area contributed by atoms with Gasteiger partial charge in [0.25, 0.3) is 5.96 Å². The summed E-state index contributed by atoms with van der Waals surface area (Å²) in [7, 11) is 2.97. The summed E-state index contributed by atoms with van der Waals surface area (Å²) in [6, 6.07) is 4.78. The zero-order valence-corrected chi connectivity index (χ0v) is 9.34. The van der Waals surface area contributed by atoms with Crippen molar-refractivity contribution in [2.24, 2.45) is 10.7 Å². The molecule has 1 aromatic rings. The van der Waals surface area contributed by atoms with E-state index in [2.05, 4.69) is 4.99 Å². The average molecular weight is 240 g/mol. The molecule has 0 atom stereocenters. The van der Waals surface area contributed by atoms with Gasteiger partial charge in [-0.2, -0.15) is 0 Å². The number of nitrogens with two attached hydrogens (primary N) is 1. The van der Waals surface area contributed by atoms with E-state index in [0.29, 0.717) is 17.2 Å².